The summed E-state index contributed by atoms with van der Waals surface area (Å²) in [5.74, 6) is -1.05. The van der Waals surface area contributed by atoms with Gasteiger partial charge >= 0.3 is 5.97 Å². The van der Waals surface area contributed by atoms with Crippen LogP contribution >= 0.6 is 0 Å². The van der Waals surface area contributed by atoms with E-state index in [9.17, 15) is 19.2 Å². The largest absolute Gasteiger partial charge is 0.456 e. The number of Topliss-reactive ketones (excluding diaryl/α,β-unsaturated/α-hetero) is 2. The quantitative estimate of drug-likeness (QED) is 0.0729. The highest BCUT2D eigenvalue weighted by molar-refractivity contribution is 6.18. The van der Waals surface area contributed by atoms with E-state index in [-0.39, 0.29) is 40.4 Å². The lowest BCUT2D eigenvalue weighted by molar-refractivity contribution is -0.151. The van der Waals surface area contributed by atoms with Gasteiger partial charge in [0.25, 0.3) is 0 Å². The maximum Gasteiger partial charge on any atom is 0.339 e. The molecule has 0 radical (unpaired) electrons. The fourth-order valence-corrected chi connectivity index (χ4v) is 7.39. The molecule has 1 aliphatic rings. The Labute approximate surface area is 359 Å². The number of ketones is 3. The molecule has 3 aromatic carbocycles. The van der Waals surface area contributed by atoms with E-state index >= 15 is 0 Å². The van der Waals surface area contributed by atoms with Crippen LogP contribution in [-0.2, 0) is 18.9 Å². The normalized spacial score (nSPS) is 14.9. The molecule has 3 aromatic rings. The van der Waals surface area contributed by atoms with Gasteiger partial charge in [0.1, 0.15) is 11.2 Å². The lowest BCUT2D eigenvalue weighted by Crippen LogP contribution is -2.46. The molecule has 4 rings (SSSR count). The van der Waals surface area contributed by atoms with Gasteiger partial charge in [0, 0.05) is 40.9 Å². The summed E-state index contributed by atoms with van der Waals surface area (Å²) >= 11 is 0. The van der Waals surface area contributed by atoms with Crippen molar-refractivity contribution < 1.29 is 38.1 Å². The number of hydrogen-bond acceptors (Lipinski definition) is 8. The second-order valence-electron chi connectivity index (χ2n) is 19.0. The molecule has 0 bridgehead atoms. The van der Waals surface area contributed by atoms with Crippen molar-refractivity contribution in [3.8, 4) is 0 Å². The van der Waals surface area contributed by atoms with E-state index in [1.807, 2.05) is 38.1 Å². The summed E-state index contributed by atoms with van der Waals surface area (Å²) in [6.07, 6.45) is 9.22. The average molecular weight is 821 g/mol. The first-order valence-corrected chi connectivity index (χ1v) is 21.4. The standard InChI is InChI=1S/C52H68O8/c1-36(31-33-57-51(9,10)46(55)42-29-21-19-27-40(42)44(53)38-23-15-13-16-24-38)50(7,8)59-37(2)35-48(3,4)52(11,12)58-34-32-49(5,6)60-47(56)43-30-22-20-28-41(43)45(54)39-25-17-14-18-26-39/h14-15,17-30,36-37H,13,16,31-35H2,1-12H3. The molecule has 1 aliphatic carbocycles. The number of carbonyl (C=O) groups is 4. The van der Waals surface area contributed by atoms with Crippen LogP contribution in [0.2, 0.25) is 0 Å². The second-order valence-corrected chi connectivity index (χ2v) is 19.0. The zero-order chi connectivity index (χ0) is 44.5. The van der Waals surface area contributed by atoms with Gasteiger partial charge in [-0.1, -0.05) is 112 Å². The summed E-state index contributed by atoms with van der Waals surface area (Å²) in [7, 11) is 0. The summed E-state index contributed by atoms with van der Waals surface area (Å²) in [4.78, 5) is 53.8. The van der Waals surface area contributed by atoms with Gasteiger partial charge in [-0.15, -0.1) is 0 Å². The van der Waals surface area contributed by atoms with Crippen molar-refractivity contribution >= 4 is 23.3 Å². The molecule has 0 fully saturated rings. The monoisotopic (exact) mass is 820 g/mol. The Kier molecular flexibility index (Phi) is 16.0. The predicted octanol–water partition coefficient (Wildman–Crippen LogP) is 11.8. The molecule has 8 heteroatoms. The third-order valence-corrected chi connectivity index (χ3v) is 12.3. The van der Waals surface area contributed by atoms with Gasteiger partial charge in [-0.25, -0.2) is 4.79 Å². The first-order valence-electron chi connectivity index (χ1n) is 21.4. The highest BCUT2D eigenvalue weighted by atomic mass is 16.6. The Morgan fingerprint density at radius 2 is 1.22 bits per heavy atom. The summed E-state index contributed by atoms with van der Waals surface area (Å²) in [5.41, 5.74) is -0.891. The van der Waals surface area contributed by atoms with Gasteiger partial charge in [-0.3, -0.25) is 14.4 Å². The van der Waals surface area contributed by atoms with Gasteiger partial charge in [0.05, 0.1) is 29.5 Å². The lowest BCUT2D eigenvalue weighted by atomic mass is 9.73. The predicted molar refractivity (Wildman–Crippen MR) is 239 cm³/mol. The van der Waals surface area contributed by atoms with Crippen LogP contribution in [-0.4, -0.2) is 65.0 Å². The van der Waals surface area contributed by atoms with E-state index < -0.39 is 28.4 Å². The highest BCUT2D eigenvalue weighted by Gasteiger charge is 2.41. The summed E-state index contributed by atoms with van der Waals surface area (Å²) < 4.78 is 25.5. The summed E-state index contributed by atoms with van der Waals surface area (Å²) in [6, 6.07) is 22.6. The maximum absolute atomic E-state index is 13.8. The minimum absolute atomic E-state index is 0.0986. The molecule has 0 saturated heterocycles. The number of benzene rings is 3. The smallest absolute Gasteiger partial charge is 0.339 e. The molecule has 2 unspecified atom stereocenters. The third kappa shape index (κ3) is 12.5. The Morgan fingerprint density at radius 1 is 0.650 bits per heavy atom. The van der Waals surface area contributed by atoms with Crippen LogP contribution in [0.5, 0.6) is 0 Å². The maximum atomic E-state index is 13.8. The average Bonchev–Trinajstić information content (AvgIpc) is 3.19. The van der Waals surface area contributed by atoms with Crippen LogP contribution < -0.4 is 0 Å². The molecule has 0 aliphatic heterocycles. The Hall–Kier alpha value is -4.50. The summed E-state index contributed by atoms with van der Waals surface area (Å²) in [6.45, 7) is 24.9. The van der Waals surface area contributed by atoms with Crippen LogP contribution in [0.25, 0.3) is 0 Å². The van der Waals surface area contributed by atoms with Gasteiger partial charge in [0.2, 0.25) is 0 Å². The van der Waals surface area contributed by atoms with Crippen molar-refractivity contribution in [1.29, 1.82) is 0 Å². The Bertz CT molecular complexity index is 2030. The Morgan fingerprint density at radius 3 is 1.82 bits per heavy atom. The van der Waals surface area contributed by atoms with Gasteiger partial charge < -0.3 is 18.9 Å². The second kappa shape index (κ2) is 19.9. The van der Waals surface area contributed by atoms with Crippen LogP contribution in [0.3, 0.4) is 0 Å². The minimum atomic E-state index is -1.13. The van der Waals surface area contributed by atoms with Gasteiger partial charge in [-0.05, 0) is 105 Å². The molecule has 0 amide bonds. The number of allylic oxidation sites excluding steroid dienone is 4. The molecular formula is C52H68O8. The van der Waals surface area contributed by atoms with Crippen LogP contribution in [0.1, 0.15) is 162 Å². The van der Waals surface area contributed by atoms with E-state index in [0.717, 1.165) is 19.3 Å². The van der Waals surface area contributed by atoms with Crippen molar-refractivity contribution in [1.82, 2.24) is 0 Å². The topological polar surface area (TPSA) is 105 Å². The number of rotatable bonds is 22. The number of carbonyl (C=O) groups excluding carboxylic acids is 4. The lowest BCUT2D eigenvalue weighted by Gasteiger charge is -2.45. The third-order valence-electron chi connectivity index (χ3n) is 12.3. The van der Waals surface area contributed by atoms with Crippen molar-refractivity contribution in [2.24, 2.45) is 11.3 Å². The van der Waals surface area contributed by atoms with E-state index in [4.69, 9.17) is 18.9 Å². The van der Waals surface area contributed by atoms with Crippen molar-refractivity contribution in [3.05, 3.63) is 130 Å². The molecule has 0 N–H and O–H groups in total. The zero-order valence-corrected chi connectivity index (χ0v) is 38.1. The first-order chi connectivity index (χ1) is 28.0. The van der Waals surface area contributed by atoms with Gasteiger partial charge in [0.15, 0.2) is 17.3 Å². The first kappa shape index (κ1) is 48.2. The van der Waals surface area contributed by atoms with E-state index in [0.29, 0.717) is 53.9 Å². The molecular weight excluding hydrogens is 753 g/mol. The molecule has 0 heterocycles. The minimum Gasteiger partial charge on any atom is -0.456 e. The molecule has 0 saturated carbocycles. The molecule has 8 nitrogen and oxygen atoms in total. The van der Waals surface area contributed by atoms with E-state index in [1.165, 1.54) is 0 Å². The number of hydrogen-bond donors (Lipinski definition) is 0. The van der Waals surface area contributed by atoms with Crippen molar-refractivity contribution in [2.75, 3.05) is 13.2 Å². The summed E-state index contributed by atoms with van der Waals surface area (Å²) in [5, 5.41) is 0. The number of esters is 1. The zero-order valence-electron chi connectivity index (χ0n) is 38.1. The van der Waals surface area contributed by atoms with E-state index in [1.54, 1.807) is 86.6 Å². The fraction of sp³-hybridized carbons (Fsp3) is 0.500. The fourth-order valence-electron chi connectivity index (χ4n) is 7.39. The van der Waals surface area contributed by atoms with E-state index in [2.05, 4.69) is 55.4 Å². The van der Waals surface area contributed by atoms with Crippen molar-refractivity contribution in [2.45, 2.75) is 144 Å². The molecule has 324 valence electrons. The highest BCUT2D eigenvalue weighted by Crippen LogP contribution is 2.40. The number of ether oxygens (including phenoxy) is 4. The van der Waals surface area contributed by atoms with Crippen LogP contribution in [0.4, 0.5) is 0 Å². The van der Waals surface area contributed by atoms with Gasteiger partial charge in [-0.2, -0.15) is 0 Å². The molecule has 2 atom stereocenters. The van der Waals surface area contributed by atoms with Crippen LogP contribution in [0, 0.1) is 11.3 Å². The SMILES string of the molecule is CC(CC(C)(C)C(C)(C)OCCC(C)(C)OC(=O)c1ccccc1C(=O)c1ccccc1)OC(C)(C)C(C)CCOC(C)(C)C(=O)c1ccccc1C(=O)C1=CCCC=C1. The Balaban J connectivity index is 1.27. The van der Waals surface area contributed by atoms with Crippen LogP contribution in [0.15, 0.2) is 103 Å². The molecule has 0 spiro atoms. The molecule has 0 aromatic heterocycles. The van der Waals surface area contributed by atoms with Crippen molar-refractivity contribution in [3.63, 3.8) is 0 Å². The molecule has 60 heavy (non-hydrogen) atoms.